The van der Waals surface area contributed by atoms with Crippen LogP contribution >= 0.6 is 0 Å². The van der Waals surface area contributed by atoms with Gasteiger partial charge in [-0.25, -0.2) is 4.98 Å². The quantitative estimate of drug-likeness (QED) is 0.794. The molecular weight excluding hydrogens is 248 g/mol. The van der Waals surface area contributed by atoms with E-state index in [2.05, 4.69) is 12.0 Å². The van der Waals surface area contributed by atoms with Crippen LogP contribution in [0, 0.1) is 5.92 Å². The van der Waals surface area contributed by atoms with Gasteiger partial charge in [-0.3, -0.25) is 4.68 Å². The van der Waals surface area contributed by atoms with Gasteiger partial charge in [0.05, 0.1) is 0 Å². The van der Waals surface area contributed by atoms with Crippen LogP contribution < -0.4 is 5.73 Å². The average molecular weight is 278 g/mol. The summed E-state index contributed by atoms with van der Waals surface area (Å²) in [5.74, 6) is 3.61. The number of nitrogens with zero attached hydrogens (tertiary/aromatic N) is 3. The lowest BCUT2D eigenvalue weighted by Crippen LogP contribution is -2.11. The first-order valence-corrected chi connectivity index (χ1v) is 8.34. The first-order chi connectivity index (χ1) is 9.74. The molecule has 0 aromatic carbocycles. The molecule has 4 nitrogen and oxygen atoms in total. The average Bonchev–Trinajstić information content (AvgIpc) is 3.06. The Balaban J connectivity index is 1.91. The maximum absolute atomic E-state index is 5.71. The first kappa shape index (κ1) is 15.5. The van der Waals surface area contributed by atoms with Crippen LogP contribution in [0.15, 0.2) is 0 Å². The van der Waals surface area contributed by atoms with Gasteiger partial charge in [0.25, 0.3) is 0 Å². The Morgan fingerprint density at radius 2 is 2.00 bits per heavy atom. The maximum atomic E-state index is 5.71. The molecule has 1 atom stereocenters. The van der Waals surface area contributed by atoms with Gasteiger partial charge in [-0.15, -0.1) is 0 Å². The van der Waals surface area contributed by atoms with Crippen molar-refractivity contribution in [3.05, 3.63) is 11.6 Å². The fraction of sp³-hybridized carbons (Fsp3) is 0.875. The van der Waals surface area contributed by atoms with Crippen LogP contribution in [0.1, 0.15) is 75.9 Å². The van der Waals surface area contributed by atoms with E-state index in [9.17, 15) is 0 Å². The molecule has 1 saturated carbocycles. The monoisotopic (exact) mass is 278 g/mol. The van der Waals surface area contributed by atoms with E-state index in [1.165, 1.54) is 44.9 Å². The molecule has 0 aliphatic heterocycles. The minimum atomic E-state index is 0.616. The van der Waals surface area contributed by atoms with E-state index >= 15 is 0 Å². The van der Waals surface area contributed by atoms with Crippen molar-refractivity contribution < 1.29 is 0 Å². The molecule has 1 aliphatic carbocycles. The first-order valence-electron chi connectivity index (χ1n) is 8.34. The molecule has 4 heteroatoms. The fourth-order valence-electron chi connectivity index (χ4n) is 3.42. The van der Waals surface area contributed by atoms with Crippen molar-refractivity contribution in [1.82, 2.24) is 14.8 Å². The molecule has 0 spiro atoms. The van der Waals surface area contributed by atoms with Gasteiger partial charge in [0.1, 0.15) is 5.82 Å². The summed E-state index contributed by atoms with van der Waals surface area (Å²) in [5, 5.41) is 4.64. The highest BCUT2D eigenvalue weighted by Crippen LogP contribution is 2.32. The van der Waals surface area contributed by atoms with Crippen molar-refractivity contribution >= 4 is 0 Å². The molecule has 2 rings (SSSR count). The number of rotatable bonds is 8. The summed E-state index contributed by atoms with van der Waals surface area (Å²) in [6, 6.07) is 0. The Morgan fingerprint density at radius 1 is 1.25 bits per heavy atom. The van der Waals surface area contributed by atoms with Gasteiger partial charge in [0.15, 0.2) is 5.82 Å². The van der Waals surface area contributed by atoms with Crippen LogP contribution in [0.5, 0.6) is 0 Å². The van der Waals surface area contributed by atoms with Crippen molar-refractivity contribution in [2.45, 2.75) is 70.6 Å². The highest BCUT2D eigenvalue weighted by Gasteiger charge is 2.22. The van der Waals surface area contributed by atoms with Gasteiger partial charge in [0.2, 0.25) is 0 Å². The Hall–Kier alpha value is -0.900. The van der Waals surface area contributed by atoms with Crippen LogP contribution in [0.25, 0.3) is 0 Å². The lowest BCUT2D eigenvalue weighted by Gasteiger charge is -2.14. The topological polar surface area (TPSA) is 56.7 Å². The molecule has 1 fully saturated rings. The summed E-state index contributed by atoms with van der Waals surface area (Å²) >= 11 is 0. The highest BCUT2D eigenvalue weighted by molar-refractivity contribution is 5.01. The number of hydrogen-bond donors (Lipinski definition) is 1. The second kappa shape index (κ2) is 7.77. The predicted octanol–water partition coefficient (Wildman–Crippen LogP) is 3.17. The van der Waals surface area contributed by atoms with Crippen LogP contribution in [0.2, 0.25) is 0 Å². The Kier molecular flexibility index (Phi) is 6.02. The number of nitrogens with two attached hydrogens (primary N) is 1. The number of aromatic nitrogens is 3. The molecule has 2 N–H and O–H groups in total. The molecule has 114 valence electrons. The summed E-state index contributed by atoms with van der Waals surface area (Å²) in [5.41, 5.74) is 5.71. The summed E-state index contributed by atoms with van der Waals surface area (Å²) in [7, 11) is 2.04. The van der Waals surface area contributed by atoms with Crippen LogP contribution in [-0.2, 0) is 13.5 Å². The number of aryl methyl sites for hydroxylation is 2. The van der Waals surface area contributed by atoms with Crippen molar-refractivity contribution in [2.75, 3.05) is 6.54 Å². The number of hydrogen-bond acceptors (Lipinski definition) is 3. The minimum Gasteiger partial charge on any atom is -0.330 e. The third-order valence-electron chi connectivity index (χ3n) is 4.64. The van der Waals surface area contributed by atoms with Crippen molar-refractivity contribution in [1.29, 1.82) is 0 Å². The highest BCUT2D eigenvalue weighted by atomic mass is 15.3. The smallest absolute Gasteiger partial charge is 0.154 e. The largest absolute Gasteiger partial charge is 0.330 e. The molecule has 0 amide bonds. The molecule has 1 heterocycles. The molecule has 0 saturated heterocycles. The van der Waals surface area contributed by atoms with E-state index in [0.29, 0.717) is 5.92 Å². The van der Waals surface area contributed by atoms with E-state index in [0.717, 1.165) is 37.0 Å². The van der Waals surface area contributed by atoms with Gasteiger partial charge in [-0.05, 0) is 38.1 Å². The maximum Gasteiger partial charge on any atom is 0.154 e. The normalized spacial score (nSPS) is 17.8. The van der Waals surface area contributed by atoms with Crippen molar-refractivity contribution in [3.63, 3.8) is 0 Å². The van der Waals surface area contributed by atoms with Gasteiger partial charge < -0.3 is 5.73 Å². The van der Waals surface area contributed by atoms with Crippen molar-refractivity contribution in [3.8, 4) is 0 Å². The third-order valence-corrected chi connectivity index (χ3v) is 4.64. The molecule has 1 unspecified atom stereocenters. The van der Waals surface area contributed by atoms with Gasteiger partial charge in [0, 0.05) is 19.4 Å². The van der Waals surface area contributed by atoms with E-state index in [1.807, 2.05) is 11.7 Å². The van der Waals surface area contributed by atoms with Crippen LogP contribution in [-0.4, -0.2) is 21.3 Å². The van der Waals surface area contributed by atoms with E-state index < -0.39 is 0 Å². The molecular formula is C16H30N4. The molecule has 20 heavy (non-hydrogen) atoms. The van der Waals surface area contributed by atoms with E-state index in [4.69, 9.17) is 10.7 Å². The minimum absolute atomic E-state index is 0.616. The van der Waals surface area contributed by atoms with Crippen molar-refractivity contribution in [2.24, 2.45) is 18.7 Å². The zero-order chi connectivity index (χ0) is 14.4. The Morgan fingerprint density at radius 3 is 2.65 bits per heavy atom. The van der Waals surface area contributed by atoms with Crippen LogP contribution in [0.4, 0.5) is 0 Å². The van der Waals surface area contributed by atoms with E-state index in [1.54, 1.807) is 0 Å². The third kappa shape index (κ3) is 4.05. The van der Waals surface area contributed by atoms with Crippen LogP contribution in [0.3, 0.4) is 0 Å². The zero-order valence-electron chi connectivity index (χ0n) is 13.1. The second-order valence-corrected chi connectivity index (χ2v) is 6.26. The fourth-order valence-corrected chi connectivity index (χ4v) is 3.42. The Bertz CT molecular complexity index is 387. The molecule has 1 aliphatic rings. The molecule has 1 aromatic rings. The van der Waals surface area contributed by atoms with Gasteiger partial charge in [-0.1, -0.05) is 32.6 Å². The summed E-state index contributed by atoms with van der Waals surface area (Å²) in [4.78, 5) is 4.80. The standard InChI is InChI=1S/C16H30N4/c1-3-6-13(11-12-17)9-10-15-18-16(19-20(15)2)14-7-4-5-8-14/h13-14H,3-12,17H2,1-2H3. The molecule has 0 bridgehead atoms. The second-order valence-electron chi connectivity index (χ2n) is 6.26. The molecule has 1 aromatic heterocycles. The summed E-state index contributed by atoms with van der Waals surface area (Å²) < 4.78 is 2.00. The zero-order valence-corrected chi connectivity index (χ0v) is 13.1. The van der Waals surface area contributed by atoms with Gasteiger partial charge in [-0.2, -0.15) is 5.10 Å². The summed E-state index contributed by atoms with van der Waals surface area (Å²) in [6.07, 6.45) is 11.1. The SMILES string of the molecule is CCCC(CCN)CCc1nc(C2CCCC2)nn1C. The predicted molar refractivity (Wildman–Crippen MR) is 82.6 cm³/mol. The van der Waals surface area contributed by atoms with Gasteiger partial charge >= 0.3 is 0 Å². The lowest BCUT2D eigenvalue weighted by molar-refractivity contribution is 0.414. The Labute approximate surface area is 123 Å². The summed E-state index contributed by atoms with van der Waals surface area (Å²) in [6.45, 7) is 3.06. The molecule has 0 radical (unpaired) electrons. The lowest BCUT2D eigenvalue weighted by atomic mass is 9.94. The van der Waals surface area contributed by atoms with E-state index in [-0.39, 0.29) is 0 Å².